The lowest BCUT2D eigenvalue weighted by molar-refractivity contribution is -0.118. The number of aliphatic hydroxyl groups excluding tert-OH is 1. The fraction of sp³-hybridized carbons (Fsp3) is 0.300. The number of hydrogen-bond donors (Lipinski definition) is 2. The highest BCUT2D eigenvalue weighted by Gasteiger charge is 2.07. The van der Waals surface area contributed by atoms with E-state index in [2.05, 4.69) is 5.32 Å². The second kappa shape index (κ2) is 5.21. The summed E-state index contributed by atoms with van der Waals surface area (Å²) in [7, 11) is 3.02. The first-order valence-corrected chi connectivity index (χ1v) is 4.34. The molecule has 0 radical (unpaired) electrons. The Bertz CT molecular complexity index is 351. The topological polar surface area (TPSA) is 67.8 Å². The summed E-state index contributed by atoms with van der Waals surface area (Å²) in [6.45, 7) is -0.569. The number of nitrogens with one attached hydrogen (secondary N) is 1. The van der Waals surface area contributed by atoms with Gasteiger partial charge in [0.25, 0.3) is 0 Å². The van der Waals surface area contributed by atoms with Gasteiger partial charge in [0.1, 0.15) is 18.1 Å². The van der Waals surface area contributed by atoms with E-state index in [0.29, 0.717) is 17.2 Å². The second-order valence-corrected chi connectivity index (χ2v) is 2.77. The summed E-state index contributed by atoms with van der Waals surface area (Å²) in [5.41, 5.74) is 0.468. The third kappa shape index (κ3) is 2.85. The molecule has 5 heteroatoms. The molecule has 1 rings (SSSR count). The van der Waals surface area contributed by atoms with Crippen molar-refractivity contribution in [3.05, 3.63) is 18.2 Å². The van der Waals surface area contributed by atoms with E-state index in [1.165, 1.54) is 14.2 Å². The Kier molecular flexibility index (Phi) is 3.93. The molecule has 0 aliphatic rings. The molecule has 0 aliphatic carbocycles. The van der Waals surface area contributed by atoms with E-state index in [1.54, 1.807) is 18.2 Å². The standard InChI is InChI=1S/C10H13NO4/c1-14-7-3-4-9(15-2)8(5-7)11-10(13)6-12/h3-5,12H,6H2,1-2H3,(H,11,13). The van der Waals surface area contributed by atoms with Gasteiger partial charge in [0.2, 0.25) is 5.91 Å². The SMILES string of the molecule is COc1ccc(OC)c(NC(=O)CO)c1. The quantitative estimate of drug-likeness (QED) is 0.766. The van der Waals surface area contributed by atoms with Gasteiger partial charge in [-0.3, -0.25) is 4.79 Å². The number of aliphatic hydroxyl groups is 1. The van der Waals surface area contributed by atoms with Crippen molar-refractivity contribution in [1.29, 1.82) is 0 Å². The van der Waals surface area contributed by atoms with Crippen molar-refractivity contribution in [2.45, 2.75) is 0 Å². The van der Waals surface area contributed by atoms with Gasteiger partial charge in [-0.1, -0.05) is 0 Å². The van der Waals surface area contributed by atoms with Gasteiger partial charge in [0, 0.05) is 6.07 Å². The maximum Gasteiger partial charge on any atom is 0.250 e. The molecule has 0 saturated heterocycles. The van der Waals surface area contributed by atoms with Crippen LogP contribution < -0.4 is 14.8 Å². The number of benzene rings is 1. The zero-order valence-electron chi connectivity index (χ0n) is 8.61. The Morgan fingerprint density at radius 3 is 2.67 bits per heavy atom. The average molecular weight is 211 g/mol. The monoisotopic (exact) mass is 211 g/mol. The molecule has 0 heterocycles. The van der Waals surface area contributed by atoms with Crippen LogP contribution in [0.1, 0.15) is 0 Å². The normalized spacial score (nSPS) is 9.53. The minimum Gasteiger partial charge on any atom is -0.497 e. The molecule has 0 aromatic heterocycles. The third-order valence-electron chi connectivity index (χ3n) is 1.82. The number of rotatable bonds is 4. The van der Waals surface area contributed by atoms with Crippen molar-refractivity contribution < 1.29 is 19.4 Å². The molecule has 0 fully saturated rings. The van der Waals surface area contributed by atoms with Crippen molar-refractivity contribution in [1.82, 2.24) is 0 Å². The van der Waals surface area contributed by atoms with Crippen LogP contribution in [0.4, 0.5) is 5.69 Å². The van der Waals surface area contributed by atoms with E-state index in [1.807, 2.05) is 0 Å². The molecule has 5 nitrogen and oxygen atoms in total. The molecule has 0 atom stereocenters. The third-order valence-corrected chi connectivity index (χ3v) is 1.82. The fourth-order valence-corrected chi connectivity index (χ4v) is 1.10. The van der Waals surface area contributed by atoms with Crippen LogP contribution in [0.2, 0.25) is 0 Å². The Morgan fingerprint density at radius 1 is 1.40 bits per heavy atom. The lowest BCUT2D eigenvalue weighted by atomic mass is 10.2. The van der Waals surface area contributed by atoms with Crippen LogP contribution in [0.25, 0.3) is 0 Å². The molecule has 15 heavy (non-hydrogen) atoms. The van der Waals surface area contributed by atoms with Crippen LogP contribution in [-0.2, 0) is 4.79 Å². The molecule has 0 saturated carbocycles. The van der Waals surface area contributed by atoms with E-state index in [0.717, 1.165) is 0 Å². The Hall–Kier alpha value is -1.75. The molecule has 1 aromatic rings. The zero-order chi connectivity index (χ0) is 11.3. The van der Waals surface area contributed by atoms with Crippen LogP contribution in [0.5, 0.6) is 11.5 Å². The molecule has 0 bridgehead atoms. The number of carbonyl (C=O) groups is 1. The van der Waals surface area contributed by atoms with Gasteiger partial charge in [-0.25, -0.2) is 0 Å². The van der Waals surface area contributed by atoms with Crippen LogP contribution in [-0.4, -0.2) is 31.8 Å². The second-order valence-electron chi connectivity index (χ2n) is 2.77. The molecular formula is C10H13NO4. The summed E-state index contributed by atoms with van der Waals surface area (Å²) in [6.07, 6.45) is 0. The van der Waals surface area contributed by atoms with Gasteiger partial charge in [-0.05, 0) is 12.1 Å². The van der Waals surface area contributed by atoms with Crippen LogP contribution in [0.3, 0.4) is 0 Å². The number of ether oxygens (including phenoxy) is 2. The molecule has 0 unspecified atom stereocenters. The maximum absolute atomic E-state index is 11.0. The summed E-state index contributed by atoms with van der Waals surface area (Å²) >= 11 is 0. The maximum atomic E-state index is 11.0. The summed E-state index contributed by atoms with van der Waals surface area (Å²) in [6, 6.07) is 5.01. The fourth-order valence-electron chi connectivity index (χ4n) is 1.10. The Morgan fingerprint density at radius 2 is 2.13 bits per heavy atom. The summed E-state index contributed by atoms with van der Waals surface area (Å²) in [5, 5.41) is 11.1. The first kappa shape index (κ1) is 11.3. The molecule has 2 N–H and O–H groups in total. The van der Waals surface area contributed by atoms with Crippen molar-refractivity contribution in [3.8, 4) is 11.5 Å². The van der Waals surface area contributed by atoms with Crippen LogP contribution in [0, 0.1) is 0 Å². The van der Waals surface area contributed by atoms with E-state index in [4.69, 9.17) is 14.6 Å². The van der Waals surface area contributed by atoms with Gasteiger partial charge in [0.15, 0.2) is 0 Å². The molecule has 82 valence electrons. The predicted molar refractivity (Wildman–Crippen MR) is 55.3 cm³/mol. The molecule has 0 spiro atoms. The van der Waals surface area contributed by atoms with Crippen molar-refractivity contribution in [3.63, 3.8) is 0 Å². The molecular weight excluding hydrogens is 198 g/mol. The highest BCUT2D eigenvalue weighted by molar-refractivity contribution is 5.93. The molecule has 0 aliphatic heterocycles. The smallest absolute Gasteiger partial charge is 0.250 e. The van der Waals surface area contributed by atoms with E-state index in [9.17, 15) is 4.79 Å². The highest BCUT2D eigenvalue weighted by atomic mass is 16.5. The number of amides is 1. The zero-order valence-corrected chi connectivity index (χ0v) is 8.61. The first-order chi connectivity index (χ1) is 7.21. The first-order valence-electron chi connectivity index (χ1n) is 4.34. The van der Waals surface area contributed by atoms with E-state index in [-0.39, 0.29) is 0 Å². The number of hydrogen-bond acceptors (Lipinski definition) is 4. The Labute approximate surface area is 87.6 Å². The molecule has 1 amide bonds. The van der Waals surface area contributed by atoms with Crippen molar-refractivity contribution >= 4 is 11.6 Å². The van der Waals surface area contributed by atoms with Crippen molar-refractivity contribution in [2.75, 3.05) is 26.1 Å². The van der Waals surface area contributed by atoms with Gasteiger partial charge < -0.3 is 19.9 Å². The van der Waals surface area contributed by atoms with Gasteiger partial charge in [-0.2, -0.15) is 0 Å². The van der Waals surface area contributed by atoms with Gasteiger partial charge >= 0.3 is 0 Å². The van der Waals surface area contributed by atoms with Crippen LogP contribution >= 0.6 is 0 Å². The van der Waals surface area contributed by atoms with Gasteiger partial charge in [-0.15, -0.1) is 0 Å². The Balaban J connectivity index is 2.95. The largest absolute Gasteiger partial charge is 0.497 e. The van der Waals surface area contributed by atoms with Crippen molar-refractivity contribution in [2.24, 2.45) is 0 Å². The predicted octanol–water partition coefficient (Wildman–Crippen LogP) is 0.635. The highest BCUT2D eigenvalue weighted by Crippen LogP contribution is 2.28. The molecule has 1 aromatic carbocycles. The minimum atomic E-state index is -0.569. The van der Waals surface area contributed by atoms with E-state index < -0.39 is 12.5 Å². The van der Waals surface area contributed by atoms with Gasteiger partial charge in [0.05, 0.1) is 19.9 Å². The summed E-state index contributed by atoms with van der Waals surface area (Å²) < 4.78 is 10.0. The summed E-state index contributed by atoms with van der Waals surface area (Å²) in [4.78, 5) is 11.0. The number of carbonyl (C=O) groups excluding carboxylic acids is 1. The number of methoxy groups -OCH3 is 2. The lowest BCUT2D eigenvalue weighted by Gasteiger charge is -2.10. The number of anilines is 1. The summed E-state index contributed by atoms with van der Waals surface area (Å²) in [5.74, 6) is 0.614. The van der Waals surface area contributed by atoms with E-state index >= 15 is 0 Å². The average Bonchev–Trinajstić information content (AvgIpc) is 2.28. The van der Waals surface area contributed by atoms with Crippen LogP contribution in [0.15, 0.2) is 18.2 Å². The minimum absolute atomic E-state index is 0.468. The lowest BCUT2D eigenvalue weighted by Crippen LogP contribution is -2.16.